The monoisotopic (exact) mass is 357 g/mol. The van der Waals surface area contributed by atoms with Crippen molar-refractivity contribution in [1.29, 1.82) is 0 Å². The highest BCUT2D eigenvalue weighted by molar-refractivity contribution is 9.10. The maximum Gasteiger partial charge on any atom is 0.136 e. The predicted octanol–water partition coefficient (Wildman–Crippen LogP) is 4.74. The molecule has 2 aromatic rings. The molecule has 0 N–H and O–H groups in total. The zero-order valence-corrected chi connectivity index (χ0v) is 14.0. The van der Waals surface area contributed by atoms with Crippen molar-refractivity contribution < 1.29 is 0 Å². The predicted molar refractivity (Wildman–Crippen MR) is 81.8 cm³/mol. The largest absolute Gasteiger partial charge is 0.248 e. The first-order valence-electron chi connectivity index (χ1n) is 5.69. The summed E-state index contributed by atoms with van der Waals surface area (Å²) in [6.45, 7) is 6.18. The normalized spacial score (nSPS) is 11.6. The molecule has 0 aliphatic heterocycles. The van der Waals surface area contributed by atoms with Crippen LogP contribution in [0.25, 0.3) is 0 Å². The molecule has 3 nitrogen and oxygen atoms in total. The van der Waals surface area contributed by atoms with Gasteiger partial charge >= 0.3 is 0 Å². The second-order valence-electron chi connectivity index (χ2n) is 5.02. The second-order valence-corrected chi connectivity index (χ2v) is 7.36. The van der Waals surface area contributed by atoms with Crippen LogP contribution >= 0.6 is 39.3 Å². The highest BCUT2D eigenvalue weighted by Gasteiger charge is 2.19. The van der Waals surface area contributed by atoms with Crippen molar-refractivity contribution >= 4 is 39.3 Å². The fourth-order valence-electron chi connectivity index (χ4n) is 1.31. The van der Waals surface area contributed by atoms with Crippen LogP contribution in [0.5, 0.6) is 0 Å². The third kappa shape index (κ3) is 4.16. The second kappa shape index (κ2) is 5.77. The van der Waals surface area contributed by atoms with Crippen molar-refractivity contribution in [1.82, 2.24) is 15.0 Å². The van der Waals surface area contributed by atoms with Gasteiger partial charge in [0.15, 0.2) is 0 Å². The van der Waals surface area contributed by atoms with Gasteiger partial charge in [0.25, 0.3) is 0 Å². The molecule has 2 aromatic heterocycles. The van der Waals surface area contributed by atoms with Crippen molar-refractivity contribution in [3.8, 4) is 0 Å². The van der Waals surface area contributed by atoms with Crippen LogP contribution in [-0.2, 0) is 5.41 Å². The Morgan fingerprint density at radius 2 is 1.89 bits per heavy atom. The van der Waals surface area contributed by atoms with Crippen molar-refractivity contribution in [2.24, 2.45) is 0 Å². The number of rotatable bonds is 2. The first-order valence-corrected chi connectivity index (χ1v) is 7.68. The Morgan fingerprint density at radius 1 is 1.16 bits per heavy atom. The van der Waals surface area contributed by atoms with Crippen LogP contribution < -0.4 is 0 Å². The number of nitrogens with zero attached hydrogens (tertiary/aromatic N) is 3. The first-order chi connectivity index (χ1) is 8.84. The number of hydrogen-bond donors (Lipinski definition) is 0. The summed E-state index contributed by atoms with van der Waals surface area (Å²) in [5.74, 6) is 0.736. The highest BCUT2D eigenvalue weighted by Crippen LogP contribution is 2.29. The van der Waals surface area contributed by atoms with Crippen LogP contribution in [0.15, 0.2) is 38.9 Å². The van der Waals surface area contributed by atoms with Crippen molar-refractivity contribution in [2.45, 2.75) is 36.2 Å². The van der Waals surface area contributed by atoms with Crippen LogP contribution in [0, 0.1) is 0 Å². The molecule has 0 saturated carbocycles. The summed E-state index contributed by atoms with van der Waals surface area (Å²) in [7, 11) is 0. The van der Waals surface area contributed by atoms with E-state index in [0.29, 0.717) is 5.15 Å². The minimum atomic E-state index is -0.132. The molecular weight excluding hydrogens is 346 g/mol. The van der Waals surface area contributed by atoms with Gasteiger partial charge in [0, 0.05) is 22.2 Å². The van der Waals surface area contributed by atoms with Crippen LogP contribution in [0.2, 0.25) is 5.15 Å². The van der Waals surface area contributed by atoms with Crippen LogP contribution in [0.1, 0.15) is 26.6 Å². The third-order valence-electron chi connectivity index (χ3n) is 2.25. The zero-order valence-electron chi connectivity index (χ0n) is 10.8. The molecule has 100 valence electrons. The molecule has 0 amide bonds. The van der Waals surface area contributed by atoms with Gasteiger partial charge in [0.05, 0.1) is 0 Å². The van der Waals surface area contributed by atoms with Gasteiger partial charge in [-0.15, -0.1) is 0 Å². The van der Waals surface area contributed by atoms with Crippen molar-refractivity contribution in [2.75, 3.05) is 0 Å². The number of aromatic nitrogens is 3. The van der Waals surface area contributed by atoms with Crippen molar-refractivity contribution in [3.05, 3.63) is 39.8 Å². The maximum absolute atomic E-state index is 6.06. The molecule has 2 heterocycles. The minimum absolute atomic E-state index is 0.132. The lowest BCUT2D eigenvalue weighted by Gasteiger charge is -2.17. The Hall–Kier alpha value is -0.650. The average Bonchev–Trinajstić information content (AvgIpc) is 2.30. The molecule has 6 heteroatoms. The van der Waals surface area contributed by atoms with E-state index in [1.807, 2.05) is 12.1 Å². The number of halogens is 2. The molecule has 0 aliphatic rings. The van der Waals surface area contributed by atoms with E-state index in [9.17, 15) is 0 Å². The maximum atomic E-state index is 6.06. The molecule has 0 radical (unpaired) electrons. The van der Waals surface area contributed by atoms with Crippen LogP contribution in [-0.4, -0.2) is 15.0 Å². The molecule has 0 atom stereocenters. The lowest BCUT2D eigenvalue weighted by atomic mass is 9.96. The minimum Gasteiger partial charge on any atom is -0.248 e. The van der Waals surface area contributed by atoms with E-state index < -0.39 is 0 Å². The fraction of sp³-hybridized carbons (Fsp3) is 0.308. The summed E-state index contributed by atoms with van der Waals surface area (Å²) in [5, 5.41) is 2.14. The van der Waals surface area contributed by atoms with Crippen LogP contribution in [0.4, 0.5) is 0 Å². The lowest BCUT2D eigenvalue weighted by molar-refractivity contribution is 0.538. The van der Waals surface area contributed by atoms with Gasteiger partial charge in [0.1, 0.15) is 21.0 Å². The summed E-state index contributed by atoms with van der Waals surface area (Å²) in [6.07, 6.45) is 1.76. The van der Waals surface area contributed by atoms with Gasteiger partial charge in [-0.3, -0.25) is 0 Å². The summed E-state index contributed by atoms with van der Waals surface area (Å²) < 4.78 is 0.952. The van der Waals surface area contributed by atoms with E-state index >= 15 is 0 Å². The summed E-state index contributed by atoms with van der Waals surface area (Å²) in [4.78, 5) is 13.1. The summed E-state index contributed by atoms with van der Waals surface area (Å²) >= 11 is 10.9. The third-order valence-corrected chi connectivity index (χ3v) is 3.78. The quantitative estimate of drug-likeness (QED) is 0.727. The first kappa shape index (κ1) is 14.8. The van der Waals surface area contributed by atoms with E-state index in [1.54, 1.807) is 12.3 Å². The zero-order chi connectivity index (χ0) is 14.0. The summed E-state index contributed by atoms with van der Waals surface area (Å²) in [6, 6.07) is 5.63. The van der Waals surface area contributed by atoms with E-state index in [2.05, 4.69) is 51.7 Å². The topological polar surface area (TPSA) is 38.7 Å². The lowest BCUT2D eigenvalue weighted by Crippen LogP contribution is -2.16. The van der Waals surface area contributed by atoms with Gasteiger partial charge in [-0.25, -0.2) is 15.0 Å². The van der Waals surface area contributed by atoms with Gasteiger partial charge in [0.2, 0.25) is 0 Å². The van der Waals surface area contributed by atoms with Gasteiger partial charge in [-0.05, 0) is 39.8 Å². The van der Waals surface area contributed by atoms with E-state index in [-0.39, 0.29) is 5.41 Å². The number of hydrogen-bond acceptors (Lipinski definition) is 4. The molecule has 0 aromatic carbocycles. The van der Waals surface area contributed by atoms with Crippen LogP contribution in [0.3, 0.4) is 0 Å². The molecule has 0 aliphatic carbocycles. The molecule has 19 heavy (non-hydrogen) atoms. The fourth-order valence-corrected chi connectivity index (χ4v) is 2.56. The Morgan fingerprint density at radius 3 is 2.47 bits per heavy atom. The molecule has 0 spiro atoms. The molecule has 0 unspecified atom stereocenters. The Labute approximate surface area is 130 Å². The highest BCUT2D eigenvalue weighted by atomic mass is 79.9. The Bertz CT molecular complexity index is 581. The molecule has 0 saturated heterocycles. The Kier molecular flexibility index (Phi) is 4.48. The smallest absolute Gasteiger partial charge is 0.136 e. The SMILES string of the molecule is CC(C)(C)c1nc(Cl)cc(Sc2ccc(Br)cn2)n1. The van der Waals surface area contributed by atoms with Gasteiger partial charge < -0.3 is 0 Å². The summed E-state index contributed by atoms with van der Waals surface area (Å²) in [5.41, 5.74) is -0.132. The molecule has 0 fully saturated rings. The van der Waals surface area contributed by atoms with E-state index in [0.717, 1.165) is 20.3 Å². The molecular formula is C13H13BrClN3S. The van der Waals surface area contributed by atoms with E-state index in [1.165, 1.54) is 11.8 Å². The standard InChI is InChI=1S/C13H13BrClN3S/c1-13(2,3)12-17-9(15)6-11(18-12)19-10-5-4-8(14)7-16-10/h4-7H,1-3H3. The Balaban J connectivity index is 2.30. The number of pyridine rings is 1. The van der Waals surface area contributed by atoms with Gasteiger partial charge in [-0.1, -0.05) is 32.4 Å². The van der Waals surface area contributed by atoms with Crippen molar-refractivity contribution in [3.63, 3.8) is 0 Å². The molecule has 0 bridgehead atoms. The average molecular weight is 359 g/mol. The van der Waals surface area contributed by atoms with E-state index in [4.69, 9.17) is 11.6 Å². The van der Waals surface area contributed by atoms with Gasteiger partial charge in [-0.2, -0.15) is 0 Å². The molecule has 2 rings (SSSR count).